The second-order valence-electron chi connectivity index (χ2n) is 10.5. The van der Waals surface area contributed by atoms with Crippen molar-refractivity contribution < 1.29 is 33.3 Å². The summed E-state index contributed by atoms with van der Waals surface area (Å²) in [7, 11) is 2.73. The highest BCUT2D eigenvalue weighted by Crippen LogP contribution is 2.48. The molecule has 2 aromatic heterocycles. The molecule has 0 spiro atoms. The first-order valence-electron chi connectivity index (χ1n) is 13.1. The van der Waals surface area contributed by atoms with Crippen molar-refractivity contribution in [3.63, 3.8) is 0 Å². The Bertz CT molecular complexity index is 1830. The highest BCUT2D eigenvalue weighted by Gasteiger charge is 2.34. The van der Waals surface area contributed by atoms with Crippen molar-refractivity contribution in [1.82, 2.24) is 13.9 Å². The summed E-state index contributed by atoms with van der Waals surface area (Å²) in [6.45, 7) is 5.91. The van der Waals surface area contributed by atoms with E-state index in [2.05, 4.69) is 9.36 Å². The van der Waals surface area contributed by atoms with Crippen molar-refractivity contribution in [3.8, 4) is 34.1 Å². The smallest absolute Gasteiger partial charge is 0.339 e. The number of ether oxygens (including phenoxy) is 2. The van der Waals surface area contributed by atoms with Crippen LogP contribution in [0.1, 0.15) is 47.2 Å². The van der Waals surface area contributed by atoms with Gasteiger partial charge < -0.3 is 24.3 Å². The van der Waals surface area contributed by atoms with E-state index >= 15 is 0 Å². The van der Waals surface area contributed by atoms with Gasteiger partial charge in [0.05, 0.1) is 25.1 Å². The Morgan fingerprint density at radius 1 is 1.05 bits per heavy atom. The molecule has 0 unspecified atom stereocenters. The van der Waals surface area contributed by atoms with Gasteiger partial charge in [-0.25, -0.2) is 18.6 Å². The third-order valence-corrected chi connectivity index (χ3v) is 7.97. The van der Waals surface area contributed by atoms with Crippen LogP contribution in [-0.4, -0.2) is 44.3 Å². The van der Waals surface area contributed by atoms with Gasteiger partial charge in [-0.3, -0.25) is 0 Å². The average molecular weight is 594 g/mol. The molecule has 0 atom stereocenters. The number of aromatic carboxylic acids is 1. The minimum absolute atomic E-state index is 0.00471. The van der Waals surface area contributed by atoms with Crippen LogP contribution in [0.3, 0.4) is 0 Å². The number of phenolic OH excluding ortho intramolecular Hbond substituents is 1. The summed E-state index contributed by atoms with van der Waals surface area (Å²) in [6.07, 6.45) is 1.09. The van der Waals surface area contributed by atoms with Crippen LogP contribution in [0.25, 0.3) is 27.7 Å². The van der Waals surface area contributed by atoms with Crippen LogP contribution in [-0.2, 0) is 11.8 Å². The summed E-state index contributed by atoms with van der Waals surface area (Å²) in [4.78, 5) is 16.3. The Balaban J connectivity index is 1.88. The lowest BCUT2D eigenvalue weighted by Crippen LogP contribution is -2.23. The second kappa shape index (κ2) is 11.1. The number of hydrogen-bond acceptors (Lipinski definition) is 7. The van der Waals surface area contributed by atoms with Gasteiger partial charge in [-0.2, -0.15) is 4.37 Å². The molecule has 5 aromatic rings. The predicted octanol–water partition coefficient (Wildman–Crippen LogP) is 7.07. The van der Waals surface area contributed by atoms with Gasteiger partial charge in [0, 0.05) is 40.9 Å². The zero-order valence-corrected chi connectivity index (χ0v) is 24.5. The Kier molecular flexibility index (Phi) is 7.63. The number of fused-ring (bicyclic) bond motifs is 1. The molecule has 0 aliphatic heterocycles. The first kappa shape index (κ1) is 29.0. The molecule has 0 fully saturated rings. The Morgan fingerprint density at radius 2 is 1.79 bits per heavy atom. The van der Waals surface area contributed by atoms with Gasteiger partial charge in [0.15, 0.2) is 11.6 Å². The number of benzene rings is 3. The molecule has 0 bridgehead atoms. The minimum atomic E-state index is -1.16. The molecule has 0 aliphatic rings. The maximum atomic E-state index is 14.9. The summed E-state index contributed by atoms with van der Waals surface area (Å²) in [6, 6.07) is 11.3. The Morgan fingerprint density at radius 3 is 2.43 bits per heavy atom. The molecule has 0 saturated carbocycles. The topological polar surface area (TPSA) is 107 Å². The van der Waals surface area contributed by atoms with Crippen LogP contribution in [0.5, 0.6) is 17.2 Å². The fraction of sp³-hybridized carbons (Fsp3) is 0.258. The number of aromatic hydroxyl groups is 1. The second-order valence-corrected chi connectivity index (χ2v) is 11.5. The van der Waals surface area contributed by atoms with E-state index in [1.165, 1.54) is 50.0 Å². The van der Waals surface area contributed by atoms with Crippen molar-refractivity contribution in [2.24, 2.45) is 0 Å². The molecule has 5 rings (SSSR count). The molecule has 8 nitrogen and oxygen atoms in total. The van der Waals surface area contributed by atoms with Crippen LogP contribution < -0.4 is 9.47 Å². The van der Waals surface area contributed by atoms with Crippen LogP contribution in [0.15, 0.2) is 48.5 Å². The van der Waals surface area contributed by atoms with E-state index in [9.17, 15) is 23.8 Å². The van der Waals surface area contributed by atoms with Gasteiger partial charge in [-0.1, -0.05) is 19.9 Å². The van der Waals surface area contributed by atoms with E-state index < -0.39 is 23.0 Å². The number of carboxylic acids is 1. The lowest BCUT2D eigenvalue weighted by Gasteiger charge is -2.29. The third-order valence-electron chi connectivity index (χ3n) is 7.31. The summed E-state index contributed by atoms with van der Waals surface area (Å²) in [5, 5.41) is 22.1. The van der Waals surface area contributed by atoms with Crippen LogP contribution in [0.2, 0.25) is 0 Å². The number of carboxylic acid groups (broad SMARTS) is 1. The van der Waals surface area contributed by atoms with Crippen LogP contribution in [0, 0.1) is 18.6 Å². The average Bonchev–Trinajstić information content (AvgIpc) is 3.53. The van der Waals surface area contributed by atoms with E-state index in [0.717, 1.165) is 11.1 Å². The summed E-state index contributed by atoms with van der Waals surface area (Å²) in [5.41, 5.74) is 1.88. The monoisotopic (exact) mass is 593 g/mol. The van der Waals surface area contributed by atoms with Crippen molar-refractivity contribution in [1.29, 1.82) is 0 Å². The minimum Gasteiger partial charge on any atom is -0.507 e. The number of rotatable bonds is 9. The number of nitrogens with zero attached hydrogens (tertiary/aromatic N) is 3. The molecule has 0 amide bonds. The first-order valence-corrected chi connectivity index (χ1v) is 13.8. The highest BCUT2D eigenvalue weighted by molar-refractivity contribution is 7.05. The van der Waals surface area contributed by atoms with Gasteiger partial charge in [0.2, 0.25) is 0 Å². The molecule has 0 aliphatic carbocycles. The summed E-state index contributed by atoms with van der Waals surface area (Å²) < 4.78 is 46.3. The van der Waals surface area contributed by atoms with Crippen molar-refractivity contribution in [2.45, 2.75) is 39.0 Å². The fourth-order valence-corrected chi connectivity index (χ4v) is 5.86. The molecular weight excluding hydrogens is 564 g/mol. The largest absolute Gasteiger partial charge is 0.507 e. The number of hydrogen-bond donors (Lipinski definition) is 2. The zero-order chi connectivity index (χ0) is 30.3. The molecular formula is C31H29F2N3O5S. The van der Waals surface area contributed by atoms with Crippen molar-refractivity contribution >= 4 is 28.4 Å². The van der Waals surface area contributed by atoms with Crippen molar-refractivity contribution in [2.75, 3.05) is 14.2 Å². The SMILES string of the molecule is COc1cc(-n2c(C(C)(C)CCc3nsc(C)n3)c(-c3ccc(C(=O)O)c(OC)c3)c3c(O)cc(F)cc32)ccc1F. The number of halogens is 2. The van der Waals surface area contributed by atoms with E-state index in [-0.39, 0.29) is 22.8 Å². The van der Waals surface area contributed by atoms with Crippen LogP contribution in [0.4, 0.5) is 8.78 Å². The maximum Gasteiger partial charge on any atom is 0.339 e. The van der Waals surface area contributed by atoms with E-state index in [4.69, 9.17) is 9.47 Å². The van der Waals surface area contributed by atoms with Gasteiger partial charge >= 0.3 is 5.97 Å². The van der Waals surface area contributed by atoms with E-state index in [0.29, 0.717) is 52.1 Å². The molecule has 42 heavy (non-hydrogen) atoms. The maximum absolute atomic E-state index is 14.9. The van der Waals surface area contributed by atoms with Gasteiger partial charge in [0.1, 0.15) is 33.7 Å². The number of methoxy groups -OCH3 is 2. The number of aryl methyl sites for hydroxylation is 2. The molecule has 218 valence electrons. The Hall–Kier alpha value is -4.51. The molecule has 2 heterocycles. The lowest BCUT2D eigenvalue weighted by molar-refractivity contribution is 0.0693. The zero-order valence-electron chi connectivity index (χ0n) is 23.7. The predicted molar refractivity (Wildman–Crippen MR) is 156 cm³/mol. The number of phenols is 1. The standard InChI is InChI=1S/C31H29F2N3O5S/c1-16-34-26(35-42-16)10-11-31(2,3)29-27(17-6-8-20(30(38)39)24(12-17)40-4)28-22(13-18(32)14-23(28)37)36(29)19-7-9-21(33)25(15-19)41-5/h6-9,12-15,37H,10-11H2,1-5H3,(H,38,39). The van der Waals surface area contributed by atoms with Crippen LogP contribution >= 0.6 is 11.5 Å². The van der Waals surface area contributed by atoms with Crippen molar-refractivity contribution in [3.05, 3.63) is 82.3 Å². The van der Waals surface area contributed by atoms with Gasteiger partial charge in [-0.15, -0.1) is 0 Å². The summed E-state index contributed by atoms with van der Waals surface area (Å²) >= 11 is 1.32. The number of carbonyl (C=O) groups is 1. The summed E-state index contributed by atoms with van der Waals surface area (Å²) in [5.74, 6) is -1.87. The fourth-order valence-electron chi connectivity index (χ4n) is 5.35. The van der Waals surface area contributed by atoms with Gasteiger partial charge in [-0.05, 0) is 60.8 Å². The Labute approximate surface area is 245 Å². The quantitative estimate of drug-likeness (QED) is 0.188. The molecule has 2 N–H and O–H groups in total. The highest BCUT2D eigenvalue weighted by atomic mass is 32.1. The van der Waals surface area contributed by atoms with Gasteiger partial charge in [0.25, 0.3) is 0 Å². The lowest BCUT2D eigenvalue weighted by atomic mass is 9.80. The normalized spacial score (nSPS) is 11.7. The molecule has 0 saturated heterocycles. The third kappa shape index (κ3) is 5.16. The van der Waals surface area contributed by atoms with E-state index in [1.807, 2.05) is 20.8 Å². The molecule has 3 aromatic carbocycles. The molecule has 11 heteroatoms. The molecule has 0 radical (unpaired) electrons. The van der Waals surface area contributed by atoms with E-state index in [1.54, 1.807) is 22.8 Å². The number of aromatic nitrogens is 3. The first-order chi connectivity index (χ1) is 19.9.